The summed E-state index contributed by atoms with van der Waals surface area (Å²) in [6, 6.07) is 7.11. The van der Waals surface area contributed by atoms with Crippen molar-refractivity contribution < 1.29 is 4.74 Å². The fourth-order valence-corrected chi connectivity index (χ4v) is 2.32. The van der Waals surface area contributed by atoms with Crippen LogP contribution in [0.1, 0.15) is 18.1 Å². The lowest BCUT2D eigenvalue weighted by molar-refractivity contribution is 0.165. The predicted molar refractivity (Wildman–Crippen MR) is 77.7 cm³/mol. The Morgan fingerprint density at radius 1 is 1.44 bits per heavy atom. The molecule has 4 heteroatoms. The monoisotopic (exact) mass is 270 g/mol. The van der Waals surface area contributed by atoms with E-state index in [-0.39, 0.29) is 12.4 Å². The summed E-state index contributed by atoms with van der Waals surface area (Å²) in [6.07, 6.45) is 0. The van der Waals surface area contributed by atoms with Gasteiger partial charge in [-0.3, -0.25) is 4.90 Å². The van der Waals surface area contributed by atoms with Crippen LogP contribution in [0.3, 0.4) is 0 Å². The van der Waals surface area contributed by atoms with E-state index in [4.69, 9.17) is 4.74 Å². The summed E-state index contributed by atoms with van der Waals surface area (Å²) in [4.78, 5) is 2.51. The smallest absolute Gasteiger partial charge is 0.122 e. The van der Waals surface area contributed by atoms with Gasteiger partial charge in [-0.1, -0.05) is 12.1 Å². The molecule has 0 bridgehead atoms. The first-order chi connectivity index (χ1) is 8.20. The Kier molecular flexibility index (Phi) is 5.93. The van der Waals surface area contributed by atoms with E-state index in [9.17, 15) is 0 Å². The third-order valence-electron chi connectivity index (χ3n) is 3.50. The van der Waals surface area contributed by atoms with Crippen molar-refractivity contribution in [1.82, 2.24) is 10.2 Å². The summed E-state index contributed by atoms with van der Waals surface area (Å²) in [6.45, 7) is 8.67. The average Bonchev–Trinajstić information content (AvgIpc) is 2.34. The minimum Gasteiger partial charge on any atom is -0.496 e. The quantitative estimate of drug-likeness (QED) is 0.912. The van der Waals surface area contributed by atoms with Gasteiger partial charge in [0.1, 0.15) is 5.75 Å². The molecule has 1 aliphatic heterocycles. The molecule has 0 saturated carbocycles. The van der Waals surface area contributed by atoms with Crippen LogP contribution in [0.25, 0.3) is 0 Å². The summed E-state index contributed by atoms with van der Waals surface area (Å²) in [5, 5.41) is 3.42. The Morgan fingerprint density at radius 3 is 2.89 bits per heavy atom. The molecule has 1 N–H and O–H groups in total. The molecule has 2 rings (SSSR count). The highest BCUT2D eigenvalue weighted by molar-refractivity contribution is 5.85. The lowest BCUT2D eigenvalue weighted by Gasteiger charge is -2.34. The van der Waals surface area contributed by atoms with E-state index in [0.717, 1.165) is 31.9 Å². The molecule has 0 aliphatic carbocycles. The first-order valence-electron chi connectivity index (χ1n) is 6.29. The van der Waals surface area contributed by atoms with Crippen molar-refractivity contribution in [2.45, 2.75) is 26.4 Å². The molecule has 18 heavy (non-hydrogen) atoms. The second-order valence-corrected chi connectivity index (χ2v) is 4.83. The summed E-state index contributed by atoms with van der Waals surface area (Å²) < 4.78 is 5.37. The van der Waals surface area contributed by atoms with Crippen molar-refractivity contribution in [2.24, 2.45) is 0 Å². The predicted octanol–water partition coefficient (Wildman–Crippen LogP) is 2.22. The van der Waals surface area contributed by atoms with Crippen LogP contribution in [0.15, 0.2) is 18.2 Å². The SMILES string of the molecule is COc1cc(CN2CCNC[C@H]2C)ccc1C.Cl. The van der Waals surface area contributed by atoms with Crippen LogP contribution in [0.5, 0.6) is 5.75 Å². The lowest BCUT2D eigenvalue weighted by Crippen LogP contribution is -2.49. The van der Waals surface area contributed by atoms with E-state index >= 15 is 0 Å². The first kappa shape index (κ1) is 15.3. The molecule has 1 saturated heterocycles. The van der Waals surface area contributed by atoms with Crippen molar-refractivity contribution in [3.05, 3.63) is 29.3 Å². The Hall–Kier alpha value is -0.770. The van der Waals surface area contributed by atoms with E-state index in [2.05, 4.69) is 42.3 Å². The fraction of sp³-hybridized carbons (Fsp3) is 0.571. The summed E-state index contributed by atoms with van der Waals surface area (Å²) in [5.74, 6) is 0.991. The van der Waals surface area contributed by atoms with Crippen LogP contribution < -0.4 is 10.1 Å². The third-order valence-corrected chi connectivity index (χ3v) is 3.50. The number of hydrogen-bond donors (Lipinski definition) is 1. The zero-order valence-corrected chi connectivity index (χ0v) is 12.2. The van der Waals surface area contributed by atoms with Gasteiger partial charge < -0.3 is 10.1 Å². The number of piperazine rings is 1. The van der Waals surface area contributed by atoms with Crippen molar-refractivity contribution in [2.75, 3.05) is 26.7 Å². The van der Waals surface area contributed by atoms with Crippen LogP contribution >= 0.6 is 12.4 Å². The van der Waals surface area contributed by atoms with Gasteiger partial charge in [0.05, 0.1) is 7.11 Å². The highest BCUT2D eigenvalue weighted by atomic mass is 35.5. The number of ether oxygens (including phenoxy) is 1. The number of aryl methyl sites for hydroxylation is 1. The van der Waals surface area contributed by atoms with Gasteiger partial charge in [-0.25, -0.2) is 0 Å². The minimum atomic E-state index is 0. The number of nitrogens with one attached hydrogen (secondary N) is 1. The largest absolute Gasteiger partial charge is 0.496 e. The second kappa shape index (κ2) is 6.98. The van der Waals surface area contributed by atoms with Crippen molar-refractivity contribution in [3.63, 3.8) is 0 Å². The van der Waals surface area contributed by atoms with Gasteiger partial charge in [0, 0.05) is 32.2 Å². The normalized spacial score (nSPS) is 20.3. The third kappa shape index (κ3) is 3.61. The maximum absolute atomic E-state index is 5.37. The molecular formula is C14H23ClN2O. The highest BCUT2D eigenvalue weighted by Crippen LogP contribution is 2.20. The maximum Gasteiger partial charge on any atom is 0.122 e. The van der Waals surface area contributed by atoms with Crippen LogP contribution in [-0.4, -0.2) is 37.7 Å². The number of nitrogens with zero attached hydrogens (tertiary/aromatic N) is 1. The van der Waals surface area contributed by atoms with E-state index in [1.54, 1.807) is 7.11 Å². The first-order valence-corrected chi connectivity index (χ1v) is 6.29. The van der Waals surface area contributed by atoms with Crippen molar-refractivity contribution >= 4 is 12.4 Å². The van der Waals surface area contributed by atoms with Gasteiger partial charge in [-0.05, 0) is 31.0 Å². The van der Waals surface area contributed by atoms with Gasteiger partial charge in [-0.15, -0.1) is 12.4 Å². The van der Waals surface area contributed by atoms with Crippen molar-refractivity contribution in [1.29, 1.82) is 0 Å². The zero-order valence-electron chi connectivity index (χ0n) is 11.4. The molecule has 0 unspecified atom stereocenters. The zero-order chi connectivity index (χ0) is 12.3. The van der Waals surface area contributed by atoms with E-state index in [1.165, 1.54) is 11.1 Å². The Morgan fingerprint density at radius 2 is 2.22 bits per heavy atom. The average molecular weight is 271 g/mol. The van der Waals surface area contributed by atoms with Gasteiger partial charge in [0.15, 0.2) is 0 Å². The summed E-state index contributed by atoms with van der Waals surface area (Å²) in [5.41, 5.74) is 2.53. The van der Waals surface area contributed by atoms with Crippen LogP contribution in [0.4, 0.5) is 0 Å². The molecule has 0 amide bonds. The molecule has 1 aromatic rings. The molecule has 0 radical (unpaired) electrons. The Labute approximate surface area is 116 Å². The number of halogens is 1. The van der Waals surface area contributed by atoms with Gasteiger partial charge in [-0.2, -0.15) is 0 Å². The van der Waals surface area contributed by atoms with Crippen LogP contribution in [0, 0.1) is 6.92 Å². The topological polar surface area (TPSA) is 24.5 Å². The number of methoxy groups -OCH3 is 1. The molecule has 1 fully saturated rings. The van der Waals surface area contributed by atoms with E-state index < -0.39 is 0 Å². The molecule has 3 nitrogen and oxygen atoms in total. The Balaban J connectivity index is 0.00000162. The summed E-state index contributed by atoms with van der Waals surface area (Å²) in [7, 11) is 1.74. The highest BCUT2D eigenvalue weighted by Gasteiger charge is 2.17. The Bertz CT molecular complexity index is 384. The maximum atomic E-state index is 5.37. The molecule has 1 aromatic carbocycles. The molecular weight excluding hydrogens is 248 g/mol. The fourth-order valence-electron chi connectivity index (χ4n) is 2.32. The van der Waals surface area contributed by atoms with E-state index in [0.29, 0.717) is 6.04 Å². The second-order valence-electron chi connectivity index (χ2n) is 4.83. The number of hydrogen-bond acceptors (Lipinski definition) is 3. The molecule has 1 heterocycles. The van der Waals surface area contributed by atoms with Gasteiger partial charge >= 0.3 is 0 Å². The van der Waals surface area contributed by atoms with Gasteiger partial charge in [0.2, 0.25) is 0 Å². The molecule has 102 valence electrons. The van der Waals surface area contributed by atoms with Crippen LogP contribution in [0.2, 0.25) is 0 Å². The minimum absolute atomic E-state index is 0. The molecule has 0 spiro atoms. The van der Waals surface area contributed by atoms with Gasteiger partial charge in [0.25, 0.3) is 0 Å². The standard InChI is InChI=1S/C14H22N2O.ClH/c1-11-4-5-13(8-14(11)17-3)10-16-7-6-15-9-12(16)2;/h4-5,8,12,15H,6-7,9-10H2,1-3H3;1H/t12-;/m1./s1. The van der Waals surface area contributed by atoms with Crippen molar-refractivity contribution in [3.8, 4) is 5.75 Å². The molecule has 1 atom stereocenters. The van der Waals surface area contributed by atoms with Crippen LogP contribution in [-0.2, 0) is 6.54 Å². The molecule has 0 aromatic heterocycles. The summed E-state index contributed by atoms with van der Waals surface area (Å²) >= 11 is 0. The molecule has 1 aliphatic rings. The lowest BCUT2D eigenvalue weighted by atomic mass is 10.1. The van der Waals surface area contributed by atoms with E-state index in [1.807, 2.05) is 0 Å². The number of rotatable bonds is 3. The number of benzene rings is 1.